The molecule has 2 rings (SSSR count). The Morgan fingerprint density at radius 3 is 1.15 bits per heavy atom. The molecule has 2 heterocycles. The van der Waals surface area contributed by atoms with E-state index in [0.29, 0.717) is 12.8 Å². The van der Waals surface area contributed by atoms with Crippen molar-refractivity contribution in [3.05, 3.63) is 0 Å². The minimum Gasteiger partial charge on any atom is -0.462 e. The second-order valence-electron chi connectivity index (χ2n) is 13.3. The second kappa shape index (κ2) is 10.9. The molecule has 0 aromatic rings. The molecule has 0 spiro atoms. The minimum atomic E-state index is -0.0898. The van der Waals surface area contributed by atoms with Gasteiger partial charge < -0.3 is 19.1 Å². The number of hydrogen-bond acceptors (Lipinski definition) is 6. The number of ether oxygens (including phenoxy) is 2. The maximum atomic E-state index is 12.4. The van der Waals surface area contributed by atoms with E-state index in [-0.39, 0.29) is 46.3 Å². The van der Waals surface area contributed by atoms with Crippen molar-refractivity contribution in [2.24, 2.45) is 0 Å². The summed E-state index contributed by atoms with van der Waals surface area (Å²) in [6.07, 6.45) is 7.83. The predicted molar refractivity (Wildman–Crippen MR) is 143 cm³/mol. The summed E-state index contributed by atoms with van der Waals surface area (Å²) < 4.78 is 11.7. The molecule has 0 saturated carbocycles. The summed E-state index contributed by atoms with van der Waals surface area (Å²) in [4.78, 5) is 29.6. The maximum absolute atomic E-state index is 12.4. The number of carbonyl (C=O) groups excluding carboxylic acids is 2. The molecule has 0 N–H and O–H groups in total. The largest absolute Gasteiger partial charge is 0.462 e. The Hall–Kier alpha value is -1.01. The van der Waals surface area contributed by atoms with Crippen LogP contribution in [0.15, 0.2) is 0 Å². The number of hydrogen-bond donors (Lipinski definition) is 0. The van der Waals surface area contributed by atoms with Crippen LogP contribution in [0.1, 0.15) is 120 Å². The van der Waals surface area contributed by atoms with Crippen LogP contribution in [-0.2, 0) is 19.1 Å². The van der Waals surface area contributed by atoms with Crippen molar-refractivity contribution in [2.45, 2.75) is 154 Å². The number of unbranched alkanes of at least 4 members (excludes halogenated alkanes) is 3. The van der Waals surface area contributed by atoms with Crippen molar-refractivity contribution >= 4 is 27.9 Å². The molecular weight excluding hydrogens is 426 g/mol. The lowest BCUT2D eigenvalue weighted by atomic mass is 9.75. The normalized spacial score (nSPS) is 25.1. The summed E-state index contributed by atoms with van der Waals surface area (Å²) in [5, 5.41) is 0. The average Bonchev–Trinajstić information content (AvgIpc) is 2.66. The molecule has 0 radical (unpaired) electrons. The summed E-state index contributed by atoms with van der Waals surface area (Å²) in [6, 6.07) is 0. The fraction of sp³-hybridized carbons (Fsp3) is 0.923. The van der Waals surface area contributed by atoms with Gasteiger partial charge in [0.25, 0.3) is 0 Å². The van der Waals surface area contributed by atoms with Gasteiger partial charge in [0.1, 0.15) is 12.2 Å². The number of esters is 2. The standard InChI is InChI=1S/C26H50B2N2O4/c1-23(2)15-19(16-24(3,4)29(23)27)33-21(31)13-11-9-10-12-14-22(32)34-20-17-25(5,6)30(28)26(7,8)18-20/h19-20H,9-18,27-28H2,1-8H3. The van der Waals surface area contributed by atoms with Crippen LogP contribution in [0, 0.1) is 0 Å². The van der Waals surface area contributed by atoms with Crippen LogP contribution in [0.4, 0.5) is 0 Å². The summed E-state index contributed by atoms with van der Waals surface area (Å²) in [5.41, 5.74) is 0.0570. The fourth-order valence-electron chi connectivity index (χ4n) is 6.11. The summed E-state index contributed by atoms with van der Waals surface area (Å²) >= 11 is 0. The Morgan fingerprint density at radius 1 is 0.618 bits per heavy atom. The van der Waals surface area contributed by atoms with Crippen LogP contribution in [0.5, 0.6) is 0 Å². The lowest BCUT2D eigenvalue weighted by molar-refractivity contribution is -0.157. The predicted octanol–water partition coefficient (Wildman–Crippen LogP) is 3.55. The first-order valence-corrected chi connectivity index (χ1v) is 13.3. The van der Waals surface area contributed by atoms with E-state index in [2.05, 4.69) is 81.0 Å². The number of piperidine rings is 2. The van der Waals surface area contributed by atoms with E-state index >= 15 is 0 Å². The highest BCUT2D eigenvalue weighted by molar-refractivity contribution is 6.05. The third-order valence-corrected chi connectivity index (χ3v) is 8.65. The van der Waals surface area contributed by atoms with Gasteiger partial charge in [-0.05, 0) is 68.2 Å². The Kier molecular flexibility index (Phi) is 9.40. The van der Waals surface area contributed by atoms with Crippen molar-refractivity contribution < 1.29 is 19.1 Å². The van der Waals surface area contributed by atoms with Gasteiger partial charge in [-0.3, -0.25) is 9.59 Å². The molecule has 2 aliphatic heterocycles. The molecule has 0 aliphatic carbocycles. The Morgan fingerprint density at radius 2 is 0.882 bits per heavy atom. The van der Waals surface area contributed by atoms with E-state index in [1.165, 1.54) is 0 Å². The molecule has 0 aromatic carbocycles. The average molecular weight is 476 g/mol. The highest BCUT2D eigenvalue weighted by Gasteiger charge is 2.44. The van der Waals surface area contributed by atoms with Crippen LogP contribution in [0.3, 0.4) is 0 Å². The molecule has 2 aliphatic rings. The molecule has 0 aromatic heterocycles. The van der Waals surface area contributed by atoms with Crippen molar-refractivity contribution in [3.63, 3.8) is 0 Å². The fourth-order valence-corrected chi connectivity index (χ4v) is 6.11. The zero-order valence-electron chi connectivity index (χ0n) is 23.8. The van der Waals surface area contributed by atoms with E-state index in [0.717, 1.165) is 51.4 Å². The first kappa shape index (κ1) is 29.2. The van der Waals surface area contributed by atoms with Gasteiger partial charge in [0, 0.05) is 60.7 Å². The Bertz CT molecular complexity index is 628. The zero-order chi connectivity index (χ0) is 25.9. The van der Waals surface area contributed by atoms with Crippen LogP contribution < -0.4 is 0 Å². The monoisotopic (exact) mass is 476 g/mol. The topological polar surface area (TPSA) is 59.1 Å². The summed E-state index contributed by atoms with van der Waals surface area (Å²) in [7, 11) is 4.31. The number of carbonyl (C=O) groups is 2. The van der Waals surface area contributed by atoms with Crippen molar-refractivity contribution in [1.29, 1.82) is 0 Å². The SMILES string of the molecule is BN1C(C)(C)CC(OC(=O)CCCCCCC(=O)OC2CC(C)(C)N(B)C(C)(C)C2)CC1(C)C. The van der Waals surface area contributed by atoms with Crippen molar-refractivity contribution in [1.82, 2.24) is 9.62 Å². The number of rotatable bonds is 9. The minimum absolute atomic E-state index is 0.0142. The van der Waals surface area contributed by atoms with Gasteiger partial charge in [0.05, 0.1) is 0 Å². The van der Waals surface area contributed by atoms with E-state index in [9.17, 15) is 9.59 Å². The van der Waals surface area contributed by atoms with Gasteiger partial charge in [-0.1, -0.05) is 12.8 Å². The van der Waals surface area contributed by atoms with E-state index in [1.54, 1.807) is 0 Å². The van der Waals surface area contributed by atoms with Gasteiger partial charge in [-0.2, -0.15) is 0 Å². The van der Waals surface area contributed by atoms with Crippen LogP contribution in [-0.4, -0.2) is 71.9 Å². The third-order valence-electron chi connectivity index (χ3n) is 8.65. The molecule has 34 heavy (non-hydrogen) atoms. The lowest BCUT2D eigenvalue weighted by Crippen LogP contribution is -2.61. The molecule has 2 fully saturated rings. The van der Waals surface area contributed by atoms with Gasteiger partial charge in [-0.25, -0.2) is 0 Å². The zero-order valence-corrected chi connectivity index (χ0v) is 23.8. The molecule has 0 unspecified atom stereocenters. The maximum Gasteiger partial charge on any atom is 0.306 e. The molecular formula is C26H50B2N2O4. The smallest absolute Gasteiger partial charge is 0.306 e. The highest BCUT2D eigenvalue weighted by Crippen LogP contribution is 2.39. The molecule has 194 valence electrons. The van der Waals surface area contributed by atoms with Gasteiger partial charge in [0.2, 0.25) is 0 Å². The van der Waals surface area contributed by atoms with Gasteiger partial charge in [-0.15, -0.1) is 0 Å². The third kappa shape index (κ3) is 7.74. The molecule has 6 nitrogen and oxygen atoms in total. The molecule has 0 bridgehead atoms. The van der Waals surface area contributed by atoms with Crippen molar-refractivity contribution in [3.8, 4) is 0 Å². The highest BCUT2D eigenvalue weighted by atomic mass is 16.5. The number of nitrogens with zero attached hydrogens (tertiary/aromatic N) is 2. The second-order valence-corrected chi connectivity index (χ2v) is 13.3. The molecule has 0 atom stereocenters. The van der Waals surface area contributed by atoms with E-state index in [4.69, 9.17) is 9.47 Å². The summed E-state index contributed by atoms with van der Waals surface area (Å²) in [5.74, 6) is -0.180. The quantitative estimate of drug-likeness (QED) is 0.288. The van der Waals surface area contributed by atoms with Crippen LogP contribution in [0.2, 0.25) is 0 Å². The first-order valence-electron chi connectivity index (χ1n) is 13.3. The van der Waals surface area contributed by atoms with Crippen molar-refractivity contribution in [2.75, 3.05) is 0 Å². The van der Waals surface area contributed by atoms with E-state index in [1.807, 2.05) is 0 Å². The first-order chi connectivity index (χ1) is 15.5. The Balaban J connectivity index is 1.62. The summed E-state index contributed by atoms with van der Waals surface area (Å²) in [6.45, 7) is 17.7. The lowest BCUT2D eigenvalue weighted by Gasteiger charge is -2.53. The molecule has 8 heteroatoms. The van der Waals surface area contributed by atoms with Crippen LogP contribution >= 0.6 is 0 Å². The molecule has 2 saturated heterocycles. The van der Waals surface area contributed by atoms with E-state index < -0.39 is 0 Å². The molecule has 0 amide bonds. The van der Waals surface area contributed by atoms with Gasteiger partial charge >= 0.3 is 11.9 Å². The Labute approximate surface area is 210 Å². The van der Waals surface area contributed by atoms with Crippen LogP contribution in [0.25, 0.3) is 0 Å². The van der Waals surface area contributed by atoms with Gasteiger partial charge in [0.15, 0.2) is 16.0 Å².